The summed E-state index contributed by atoms with van der Waals surface area (Å²) < 4.78 is 0. The van der Waals surface area contributed by atoms with Gasteiger partial charge in [-0.25, -0.2) is 4.79 Å². The van der Waals surface area contributed by atoms with E-state index in [1.807, 2.05) is 42.5 Å². The van der Waals surface area contributed by atoms with Crippen molar-refractivity contribution in [3.8, 4) is 0 Å². The zero-order valence-corrected chi connectivity index (χ0v) is 11.8. The molecule has 0 unspecified atom stereocenters. The van der Waals surface area contributed by atoms with Gasteiger partial charge >= 0.3 is 6.03 Å². The van der Waals surface area contributed by atoms with Gasteiger partial charge in [-0.15, -0.1) is 0 Å². The minimum atomic E-state index is -0.155. The molecule has 0 bridgehead atoms. The molecule has 4 heteroatoms. The number of rotatable bonds is 6. The van der Waals surface area contributed by atoms with E-state index in [0.29, 0.717) is 6.54 Å². The number of nitrogens with one attached hydrogen (secondary N) is 3. The van der Waals surface area contributed by atoms with Gasteiger partial charge in [0.2, 0.25) is 0 Å². The van der Waals surface area contributed by atoms with Gasteiger partial charge in [-0.05, 0) is 31.0 Å². The summed E-state index contributed by atoms with van der Waals surface area (Å²) in [5, 5.41) is 11.2. The number of fused-ring (bicyclic) bond motifs is 1. The van der Waals surface area contributed by atoms with E-state index in [1.54, 1.807) is 0 Å². The molecule has 0 aromatic heterocycles. The van der Waals surface area contributed by atoms with E-state index in [2.05, 4.69) is 22.9 Å². The molecule has 106 valence electrons. The molecule has 0 heterocycles. The van der Waals surface area contributed by atoms with Crippen LogP contribution in [0.15, 0.2) is 42.5 Å². The highest BCUT2D eigenvalue weighted by Gasteiger charge is 2.04. The van der Waals surface area contributed by atoms with Crippen LogP contribution in [0, 0.1) is 0 Å². The average molecular weight is 271 g/mol. The second-order valence-electron chi connectivity index (χ2n) is 4.61. The van der Waals surface area contributed by atoms with Crippen molar-refractivity contribution in [1.29, 1.82) is 0 Å². The first-order valence-electron chi connectivity index (χ1n) is 7.04. The first kappa shape index (κ1) is 14.3. The lowest BCUT2D eigenvalue weighted by atomic mass is 10.1. The molecule has 20 heavy (non-hydrogen) atoms. The van der Waals surface area contributed by atoms with Crippen molar-refractivity contribution in [3.05, 3.63) is 42.5 Å². The topological polar surface area (TPSA) is 53.2 Å². The van der Waals surface area contributed by atoms with Gasteiger partial charge in [0.15, 0.2) is 0 Å². The van der Waals surface area contributed by atoms with Crippen LogP contribution < -0.4 is 16.0 Å². The fraction of sp³-hybridized carbons (Fsp3) is 0.312. The number of anilines is 1. The zero-order chi connectivity index (χ0) is 14.2. The summed E-state index contributed by atoms with van der Waals surface area (Å²) in [6.07, 6.45) is 0.927. The number of carbonyl (C=O) groups is 1. The maximum Gasteiger partial charge on any atom is 0.319 e. The lowest BCUT2D eigenvalue weighted by Gasteiger charge is -2.10. The number of carbonyl (C=O) groups excluding carboxylic acids is 1. The van der Waals surface area contributed by atoms with Crippen LogP contribution in [0.5, 0.6) is 0 Å². The molecule has 2 aromatic carbocycles. The van der Waals surface area contributed by atoms with E-state index in [9.17, 15) is 4.79 Å². The third-order valence-electron chi connectivity index (χ3n) is 3.10. The Morgan fingerprint density at radius 1 is 1.05 bits per heavy atom. The van der Waals surface area contributed by atoms with Crippen LogP contribution in [-0.4, -0.2) is 25.7 Å². The van der Waals surface area contributed by atoms with Crippen molar-refractivity contribution in [2.24, 2.45) is 0 Å². The Bertz CT molecular complexity index is 563. The van der Waals surface area contributed by atoms with Crippen molar-refractivity contribution in [2.75, 3.05) is 25.0 Å². The summed E-state index contributed by atoms with van der Waals surface area (Å²) in [6, 6.07) is 13.8. The normalized spacial score (nSPS) is 10.4. The van der Waals surface area contributed by atoms with Crippen LogP contribution in [0.2, 0.25) is 0 Å². The summed E-state index contributed by atoms with van der Waals surface area (Å²) in [7, 11) is 0. The van der Waals surface area contributed by atoms with Gasteiger partial charge in [0.1, 0.15) is 0 Å². The third-order valence-corrected chi connectivity index (χ3v) is 3.10. The highest BCUT2D eigenvalue weighted by molar-refractivity contribution is 6.01. The maximum absolute atomic E-state index is 11.8. The second kappa shape index (κ2) is 7.50. The summed E-state index contributed by atoms with van der Waals surface area (Å²) >= 11 is 0. The first-order chi connectivity index (χ1) is 9.81. The molecule has 0 aliphatic heterocycles. The Labute approximate surface area is 119 Å². The monoisotopic (exact) mass is 271 g/mol. The molecular formula is C16H21N3O. The van der Waals surface area contributed by atoms with Crippen LogP contribution in [0.1, 0.15) is 13.3 Å². The molecule has 0 atom stereocenters. The predicted octanol–water partition coefficient (Wildman–Crippen LogP) is 2.96. The van der Waals surface area contributed by atoms with E-state index in [0.717, 1.165) is 36.0 Å². The van der Waals surface area contributed by atoms with E-state index in [4.69, 9.17) is 0 Å². The number of urea groups is 1. The van der Waals surface area contributed by atoms with Crippen LogP contribution >= 0.6 is 0 Å². The van der Waals surface area contributed by atoms with Crippen molar-refractivity contribution in [3.63, 3.8) is 0 Å². The molecule has 0 spiro atoms. The highest BCUT2D eigenvalue weighted by atomic mass is 16.2. The van der Waals surface area contributed by atoms with Crippen molar-refractivity contribution >= 4 is 22.5 Å². The molecule has 0 saturated heterocycles. The summed E-state index contributed by atoms with van der Waals surface area (Å²) in [5.41, 5.74) is 0.840. The Balaban J connectivity index is 1.90. The van der Waals surface area contributed by atoms with Crippen LogP contribution in [0.4, 0.5) is 10.5 Å². The van der Waals surface area contributed by atoms with Gasteiger partial charge in [-0.2, -0.15) is 0 Å². The quantitative estimate of drug-likeness (QED) is 0.707. The Kier molecular flexibility index (Phi) is 5.38. The molecule has 0 aliphatic rings. The van der Waals surface area contributed by atoms with Gasteiger partial charge in [0.05, 0.1) is 5.69 Å². The fourth-order valence-corrected chi connectivity index (χ4v) is 2.09. The molecule has 0 radical (unpaired) electrons. The fourth-order valence-electron chi connectivity index (χ4n) is 2.09. The maximum atomic E-state index is 11.8. The van der Waals surface area contributed by atoms with Gasteiger partial charge in [0, 0.05) is 11.9 Å². The molecular weight excluding hydrogens is 250 g/mol. The third kappa shape index (κ3) is 3.96. The van der Waals surface area contributed by atoms with E-state index in [-0.39, 0.29) is 6.03 Å². The Hall–Kier alpha value is -2.07. The largest absolute Gasteiger partial charge is 0.338 e. The number of hydrogen-bond acceptors (Lipinski definition) is 2. The lowest BCUT2D eigenvalue weighted by molar-refractivity contribution is 0.252. The minimum absolute atomic E-state index is 0.155. The van der Waals surface area contributed by atoms with E-state index < -0.39 is 0 Å². The predicted molar refractivity (Wildman–Crippen MR) is 84.1 cm³/mol. The summed E-state index contributed by atoms with van der Waals surface area (Å²) in [4.78, 5) is 11.8. The number of hydrogen-bond donors (Lipinski definition) is 3. The van der Waals surface area contributed by atoms with E-state index >= 15 is 0 Å². The van der Waals surface area contributed by atoms with E-state index in [1.165, 1.54) is 0 Å². The molecule has 0 aliphatic carbocycles. The minimum Gasteiger partial charge on any atom is -0.338 e. The molecule has 0 fully saturated rings. The van der Waals surface area contributed by atoms with Gasteiger partial charge in [-0.3, -0.25) is 0 Å². The van der Waals surface area contributed by atoms with Gasteiger partial charge in [0.25, 0.3) is 0 Å². The zero-order valence-electron chi connectivity index (χ0n) is 11.8. The molecule has 2 aromatic rings. The van der Waals surface area contributed by atoms with Gasteiger partial charge < -0.3 is 16.0 Å². The Morgan fingerprint density at radius 3 is 2.70 bits per heavy atom. The van der Waals surface area contributed by atoms with Crippen LogP contribution in [0.3, 0.4) is 0 Å². The van der Waals surface area contributed by atoms with Crippen molar-refractivity contribution in [1.82, 2.24) is 10.6 Å². The highest BCUT2D eigenvalue weighted by Crippen LogP contribution is 2.22. The number of benzene rings is 2. The first-order valence-corrected chi connectivity index (χ1v) is 7.04. The molecule has 3 N–H and O–H groups in total. The average Bonchev–Trinajstić information content (AvgIpc) is 2.47. The SMILES string of the molecule is CCNCCCNC(=O)Nc1cccc2ccccc12. The van der Waals surface area contributed by atoms with Crippen LogP contribution in [-0.2, 0) is 0 Å². The molecule has 2 rings (SSSR count). The second-order valence-corrected chi connectivity index (χ2v) is 4.61. The smallest absolute Gasteiger partial charge is 0.319 e. The molecule has 0 saturated carbocycles. The molecule has 4 nitrogen and oxygen atoms in total. The van der Waals surface area contributed by atoms with Crippen molar-refractivity contribution < 1.29 is 4.79 Å². The van der Waals surface area contributed by atoms with Crippen molar-refractivity contribution in [2.45, 2.75) is 13.3 Å². The Morgan fingerprint density at radius 2 is 1.85 bits per heavy atom. The summed E-state index contributed by atoms with van der Waals surface area (Å²) in [5.74, 6) is 0. The van der Waals surface area contributed by atoms with Crippen LogP contribution in [0.25, 0.3) is 10.8 Å². The lowest BCUT2D eigenvalue weighted by Crippen LogP contribution is -2.31. The van der Waals surface area contributed by atoms with Gasteiger partial charge in [-0.1, -0.05) is 43.3 Å². The summed E-state index contributed by atoms with van der Waals surface area (Å²) in [6.45, 7) is 4.62. The standard InChI is InChI=1S/C16H21N3O/c1-2-17-11-6-12-18-16(20)19-15-10-5-8-13-7-3-4-9-14(13)15/h3-5,7-10,17H,2,6,11-12H2,1H3,(H2,18,19,20). The number of amides is 2. The molecule has 2 amide bonds.